The molecule has 0 radical (unpaired) electrons. The topological polar surface area (TPSA) is 28.7 Å². The van der Waals surface area contributed by atoms with Crippen molar-refractivity contribution in [3.05, 3.63) is 16.4 Å². The summed E-state index contributed by atoms with van der Waals surface area (Å²) in [7, 11) is 0. The van der Waals surface area contributed by atoms with E-state index in [0.717, 1.165) is 18.5 Å². The monoisotopic (exact) mass is 346 g/mol. The van der Waals surface area contributed by atoms with Crippen molar-refractivity contribution in [2.75, 3.05) is 0 Å². The Morgan fingerprint density at radius 3 is 2.10 bits per heavy atom. The molecule has 0 aromatic carbocycles. The van der Waals surface area contributed by atoms with Crippen LogP contribution in [0.4, 0.5) is 4.39 Å². The van der Waals surface area contributed by atoms with Crippen molar-refractivity contribution >= 4 is 15.9 Å². The van der Waals surface area contributed by atoms with Crippen LogP contribution in [0.1, 0.15) is 84.3 Å². The number of nitrogens with one attached hydrogen (secondary N) is 1. The maximum atomic E-state index is 13.4. The van der Waals surface area contributed by atoms with Gasteiger partial charge in [-0.3, -0.25) is 0 Å². The van der Waals surface area contributed by atoms with Gasteiger partial charge in [-0.25, -0.2) is 4.98 Å². The van der Waals surface area contributed by atoms with E-state index in [1.807, 2.05) is 0 Å². The van der Waals surface area contributed by atoms with E-state index in [-0.39, 0.29) is 5.41 Å². The van der Waals surface area contributed by atoms with Crippen LogP contribution >= 0.6 is 15.9 Å². The SMILES string of the molecule is CCCCCCC(C)(CCCCC)c1nc(F)[nH]c1Br. The van der Waals surface area contributed by atoms with Crippen LogP contribution in [0.25, 0.3) is 0 Å². The molecule has 0 aliphatic carbocycles. The summed E-state index contributed by atoms with van der Waals surface area (Å²) >= 11 is 3.43. The minimum atomic E-state index is -0.484. The summed E-state index contributed by atoms with van der Waals surface area (Å²) < 4.78 is 14.1. The minimum Gasteiger partial charge on any atom is -0.308 e. The summed E-state index contributed by atoms with van der Waals surface area (Å²) in [6.45, 7) is 6.66. The van der Waals surface area contributed by atoms with Gasteiger partial charge in [0, 0.05) is 5.41 Å². The van der Waals surface area contributed by atoms with Gasteiger partial charge in [0.1, 0.15) is 4.60 Å². The summed E-state index contributed by atoms with van der Waals surface area (Å²) in [6.07, 6.45) is 10.3. The van der Waals surface area contributed by atoms with E-state index in [4.69, 9.17) is 0 Å². The lowest BCUT2D eigenvalue weighted by Crippen LogP contribution is -2.23. The third-order valence-electron chi connectivity index (χ3n) is 4.12. The quantitative estimate of drug-likeness (QED) is 0.508. The molecule has 0 aliphatic heterocycles. The Bertz CT molecular complexity index is 392. The molecule has 1 unspecified atom stereocenters. The van der Waals surface area contributed by atoms with Gasteiger partial charge >= 0.3 is 0 Å². The van der Waals surface area contributed by atoms with Crippen molar-refractivity contribution in [3.8, 4) is 0 Å². The minimum absolute atomic E-state index is 0.0252. The van der Waals surface area contributed by atoms with Crippen molar-refractivity contribution in [1.82, 2.24) is 9.97 Å². The molecule has 0 fully saturated rings. The second-order valence-corrected chi connectivity index (χ2v) is 6.81. The molecule has 0 bridgehead atoms. The van der Waals surface area contributed by atoms with Crippen LogP contribution in [0, 0.1) is 6.08 Å². The Morgan fingerprint density at radius 2 is 1.60 bits per heavy atom. The first-order valence-electron chi connectivity index (χ1n) is 7.95. The van der Waals surface area contributed by atoms with Gasteiger partial charge in [0.2, 0.25) is 0 Å². The predicted octanol–water partition coefficient (Wildman–Crippen LogP) is 6.12. The highest BCUT2D eigenvalue weighted by atomic mass is 79.9. The van der Waals surface area contributed by atoms with Gasteiger partial charge in [-0.05, 0) is 28.8 Å². The van der Waals surface area contributed by atoms with Crippen molar-refractivity contribution in [2.24, 2.45) is 0 Å². The maximum Gasteiger partial charge on any atom is 0.287 e. The summed E-state index contributed by atoms with van der Waals surface area (Å²) in [4.78, 5) is 6.73. The molecule has 0 aliphatic rings. The van der Waals surface area contributed by atoms with Crippen LogP contribution in [0.3, 0.4) is 0 Å². The Hall–Kier alpha value is -0.380. The highest BCUT2D eigenvalue weighted by Gasteiger charge is 2.31. The molecule has 20 heavy (non-hydrogen) atoms. The average molecular weight is 347 g/mol. The van der Waals surface area contributed by atoms with Crippen molar-refractivity contribution < 1.29 is 4.39 Å². The molecule has 1 aromatic heterocycles. The lowest BCUT2D eigenvalue weighted by Gasteiger charge is -2.28. The smallest absolute Gasteiger partial charge is 0.287 e. The average Bonchev–Trinajstić information content (AvgIpc) is 2.75. The molecule has 2 nitrogen and oxygen atoms in total. The van der Waals surface area contributed by atoms with Gasteiger partial charge in [0.25, 0.3) is 6.08 Å². The van der Waals surface area contributed by atoms with Gasteiger partial charge < -0.3 is 4.98 Å². The summed E-state index contributed by atoms with van der Waals surface area (Å²) in [5, 5.41) is 0. The fourth-order valence-corrected chi connectivity index (χ4v) is 3.52. The van der Waals surface area contributed by atoms with Crippen LogP contribution in [0.5, 0.6) is 0 Å². The first-order chi connectivity index (χ1) is 9.53. The molecule has 1 aromatic rings. The highest BCUT2D eigenvalue weighted by molar-refractivity contribution is 9.10. The van der Waals surface area contributed by atoms with Crippen LogP contribution in [-0.4, -0.2) is 9.97 Å². The number of halogens is 2. The normalized spacial score (nSPS) is 14.4. The van der Waals surface area contributed by atoms with E-state index in [9.17, 15) is 4.39 Å². The fraction of sp³-hybridized carbons (Fsp3) is 0.812. The van der Waals surface area contributed by atoms with Crippen molar-refractivity contribution in [2.45, 2.75) is 84.0 Å². The molecule has 4 heteroatoms. The van der Waals surface area contributed by atoms with Crippen LogP contribution in [-0.2, 0) is 5.41 Å². The molecule has 1 heterocycles. The molecule has 1 rings (SSSR count). The van der Waals surface area contributed by atoms with Crippen LogP contribution in [0.15, 0.2) is 4.60 Å². The number of rotatable bonds is 10. The Labute approximate surface area is 131 Å². The molecule has 1 atom stereocenters. The van der Waals surface area contributed by atoms with Gasteiger partial charge in [-0.2, -0.15) is 4.39 Å². The number of nitrogens with zero attached hydrogens (tertiary/aromatic N) is 1. The van der Waals surface area contributed by atoms with E-state index in [1.54, 1.807) is 0 Å². The van der Waals surface area contributed by atoms with E-state index in [2.05, 4.69) is 46.7 Å². The van der Waals surface area contributed by atoms with Crippen LogP contribution in [0.2, 0.25) is 0 Å². The summed E-state index contributed by atoms with van der Waals surface area (Å²) in [5.41, 5.74) is 0.838. The standard InChI is InChI=1S/C16H28BrFN2/c1-4-6-8-10-12-16(3,11-9-7-5-2)13-14(17)20-15(18)19-13/h4-12H2,1-3H3,(H,19,20). The molecule has 0 spiro atoms. The lowest BCUT2D eigenvalue weighted by atomic mass is 9.77. The Morgan fingerprint density at radius 1 is 1.05 bits per heavy atom. The van der Waals surface area contributed by atoms with Gasteiger partial charge in [0.15, 0.2) is 0 Å². The van der Waals surface area contributed by atoms with Gasteiger partial charge in [-0.1, -0.05) is 65.7 Å². The Balaban J connectivity index is 2.74. The zero-order chi connectivity index (χ0) is 15.0. The highest BCUT2D eigenvalue weighted by Crippen LogP contribution is 2.37. The molecule has 0 amide bonds. The largest absolute Gasteiger partial charge is 0.308 e. The third kappa shape index (κ3) is 5.19. The van der Waals surface area contributed by atoms with Crippen molar-refractivity contribution in [3.63, 3.8) is 0 Å². The lowest BCUT2D eigenvalue weighted by molar-refractivity contribution is 0.354. The zero-order valence-electron chi connectivity index (χ0n) is 13.1. The first kappa shape index (κ1) is 17.7. The fourth-order valence-electron chi connectivity index (χ4n) is 2.79. The number of hydrogen-bond acceptors (Lipinski definition) is 1. The van der Waals surface area contributed by atoms with Crippen molar-refractivity contribution in [1.29, 1.82) is 0 Å². The molecular formula is C16H28BrFN2. The van der Waals surface area contributed by atoms with E-state index < -0.39 is 6.08 Å². The number of imidazole rings is 1. The summed E-state index contributed by atoms with van der Waals surface area (Å²) in [5.74, 6) is 0. The zero-order valence-corrected chi connectivity index (χ0v) is 14.7. The number of unbranched alkanes of at least 4 members (excludes halogenated alkanes) is 5. The van der Waals surface area contributed by atoms with Gasteiger partial charge in [-0.15, -0.1) is 0 Å². The molecule has 116 valence electrons. The van der Waals surface area contributed by atoms with E-state index in [1.165, 1.54) is 44.9 Å². The van der Waals surface area contributed by atoms with Crippen LogP contribution < -0.4 is 0 Å². The van der Waals surface area contributed by atoms with Gasteiger partial charge in [0.05, 0.1) is 5.69 Å². The molecular weight excluding hydrogens is 319 g/mol. The Kier molecular flexibility index (Phi) is 7.78. The molecule has 1 N–H and O–H groups in total. The molecule has 0 saturated carbocycles. The third-order valence-corrected chi connectivity index (χ3v) is 4.69. The number of aromatic nitrogens is 2. The molecule has 0 saturated heterocycles. The number of H-pyrrole nitrogens is 1. The number of aromatic amines is 1. The van der Waals surface area contributed by atoms with E-state index in [0.29, 0.717) is 4.60 Å². The second kappa shape index (κ2) is 8.81. The first-order valence-corrected chi connectivity index (χ1v) is 8.74. The predicted molar refractivity (Wildman–Crippen MR) is 86.5 cm³/mol. The number of hydrogen-bond donors (Lipinski definition) is 1. The maximum absolute atomic E-state index is 13.4. The second-order valence-electron chi connectivity index (χ2n) is 6.02. The summed E-state index contributed by atoms with van der Waals surface area (Å²) in [6, 6.07) is 0. The van der Waals surface area contributed by atoms with E-state index >= 15 is 0 Å².